The highest BCUT2D eigenvalue weighted by molar-refractivity contribution is 6.15. The summed E-state index contributed by atoms with van der Waals surface area (Å²) in [5.74, 6) is 0.852. The minimum Gasteiger partial charge on any atom is -0.452 e. The van der Waals surface area contributed by atoms with Crippen molar-refractivity contribution in [2.24, 2.45) is 13.0 Å². The smallest absolute Gasteiger partial charge is 0.314 e. The first-order valence-electron chi connectivity index (χ1n) is 10.9. The number of aryl methyl sites for hydroxylation is 1. The van der Waals surface area contributed by atoms with Crippen LogP contribution in [0.2, 0.25) is 0 Å². The fraction of sp³-hybridized carbons (Fsp3) is 0.308. The summed E-state index contributed by atoms with van der Waals surface area (Å²) in [6, 6.07) is 11.4. The molecule has 3 aromatic rings. The molecule has 1 aromatic heterocycles. The second-order valence-corrected chi connectivity index (χ2v) is 8.47. The van der Waals surface area contributed by atoms with E-state index in [2.05, 4.69) is 0 Å². The second kappa shape index (κ2) is 7.73. The first-order chi connectivity index (χ1) is 15.0. The number of carbonyl (C=O) groups excluding carboxylic acids is 2. The van der Waals surface area contributed by atoms with Crippen molar-refractivity contribution in [3.63, 3.8) is 0 Å². The Kier molecular flexibility index (Phi) is 4.89. The number of ketones is 1. The quantitative estimate of drug-likeness (QED) is 0.318. The van der Waals surface area contributed by atoms with Gasteiger partial charge in [-0.25, -0.2) is 0 Å². The van der Waals surface area contributed by atoms with Crippen LogP contribution in [0, 0.1) is 12.8 Å². The Morgan fingerprint density at radius 3 is 2.71 bits per heavy atom. The predicted octanol–water partition coefficient (Wildman–Crippen LogP) is 5.59. The predicted molar refractivity (Wildman–Crippen MR) is 119 cm³/mol. The van der Waals surface area contributed by atoms with Gasteiger partial charge in [-0.2, -0.15) is 0 Å². The van der Waals surface area contributed by atoms with E-state index in [1.807, 2.05) is 49.0 Å². The Morgan fingerprint density at radius 1 is 1.13 bits per heavy atom. The molecule has 2 aromatic carbocycles. The van der Waals surface area contributed by atoms with Crippen LogP contribution in [0.1, 0.15) is 53.6 Å². The molecule has 5 heteroatoms. The van der Waals surface area contributed by atoms with Gasteiger partial charge in [0.2, 0.25) is 5.78 Å². The molecule has 1 saturated carbocycles. The Balaban J connectivity index is 1.43. The lowest BCUT2D eigenvalue weighted by Gasteiger charge is -2.20. The van der Waals surface area contributed by atoms with Gasteiger partial charge in [0, 0.05) is 35.3 Å². The molecule has 0 atom stereocenters. The number of hydrogen-bond acceptors (Lipinski definition) is 4. The highest BCUT2D eigenvalue weighted by Gasteiger charge is 2.31. The topological polar surface area (TPSA) is 57.5 Å². The number of allylic oxidation sites excluding steroid dienone is 1. The molecule has 1 aliphatic heterocycles. The Bertz CT molecular complexity index is 1230. The third-order valence-corrected chi connectivity index (χ3v) is 6.40. The van der Waals surface area contributed by atoms with Gasteiger partial charge in [0.15, 0.2) is 5.76 Å². The molecule has 0 bridgehead atoms. The highest BCUT2D eigenvalue weighted by atomic mass is 16.5. The summed E-state index contributed by atoms with van der Waals surface area (Å²) >= 11 is 0. The first kappa shape index (κ1) is 19.6. The zero-order valence-electron chi connectivity index (χ0n) is 17.8. The summed E-state index contributed by atoms with van der Waals surface area (Å²) in [6.07, 6.45) is 8.87. The van der Waals surface area contributed by atoms with Crippen LogP contribution in [0.25, 0.3) is 17.0 Å². The van der Waals surface area contributed by atoms with Crippen molar-refractivity contribution in [3.8, 4) is 11.5 Å². The Morgan fingerprint density at radius 2 is 1.90 bits per heavy atom. The molecule has 0 N–H and O–H groups in total. The Hall–Kier alpha value is -3.34. The molecular weight excluding hydrogens is 390 g/mol. The molecule has 0 unspecified atom stereocenters. The number of hydrogen-bond donors (Lipinski definition) is 0. The van der Waals surface area contributed by atoms with E-state index in [0.717, 1.165) is 42.1 Å². The summed E-state index contributed by atoms with van der Waals surface area (Å²) in [7, 11) is 1.98. The first-order valence-corrected chi connectivity index (χ1v) is 10.9. The van der Waals surface area contributed by atoms with Gasteiger partial charge in [0.05, 0.1) is 11.5 Å². The molecule has 5 nitrogen and oxygen atoms in total. The van der Waals surface area contributed by atoms with Gasteiger partial charge in [-0.05, 0) is 44.0 Å². The van der Waals surface area contributed by atoms with Gasteiger partial charge in [0.1, 0.15) is 11.5 Å². The zero-order chi connectivity index (χ0) is 21.5. The summed E-state index contributed by atoms with van der Waals surface area (Å²) < 4.78 is 13.7. The maximum absolute atomic E-state index is 13.0. The number of aromatic nitrogens is 1. The molecule has 31 heavy (non-hydrogen) atoms. The monoisotopic (exact) mass is 415 g/mol. The number of Topliss-reactive ketones (excluding diaryl/α,β-unsaturated/α-hetero) is 1. The number of para-hydroxylation sites is 1. The number of carbonyl (C=O) groups is 2. The van der Waals surface area contributed by atoms with E-state index in [-0.39, 0.29) is 23.4 Å². The van der Waals surface area contributed by atoms with E-state index in [4.69, 9.17) is 9.47 Å². The van der Waals surface area contributed by atoms with Crippen molar-refractivity contribution < 1.29 is 19.1 Å². The molecule has 5 rings (SSSR count). The SMILES string of the molecule is Cc1c(OC(=O)C2CCCCC2)ccc2c1O/C(=C/c1cn(C)c3ccccc13)C2=O. The standard InChI is InChI=1S/C26H25NO4/c1-16-22(31-26(29)17-8-4-3-5-9-17)13-12-20-24(28)23(30-25(16)20)14-18-15-27(2)21-11-7-6-10-19(18)21/h6-7,10-15,17H,3-5,8-9H2,1-2H3/b23-14+. The largest absolute Gasteiger partial charge is 0.452 e. The highest BCUT2D eigenvalue weighted by Crippen LogP contribution is 2.40. The van der Waals surface area contributed by atoms with Gasteiger partial charge >= 0.3 is 5.97 Å². The average molecular weight is 415 g/mol. The minimum atomic E-state index is -0.182. The van der Waals surface area contributed by atoms with Gasteiger partial charge in [-0.1, -0.05) is 37.5 Å². The van der Waals surface area contributed by atoms with Gasteiger partial charge in [0.25, 0.3) is 0 Å². The number of rotatable bonds is 3. The van der Waals surface area contributed by atoms with Crippen molar-refractivity contribution in [3.05, 3.63) is 65.0 Å². The maximum Gasteiger partial charge on any atom is 0.314 e. The molecule has 1 aliphatic carbocycles. The fourth-order valence-corrected chi connectivity index (χ4v) is 4.64. The van der Waals surface area contributed by atoms with Crippen LogP contribution in [0.15, 0.2) is 48.4 Å². The lowest BCUT2D eigenvalue weighted by Crippen LogP contribution is -2.23. The summed E-state index contributed by atoms with van der Waals surface area (Å²) in [4.78, 5) is 25.5. The molecule has 1 fully saturated rings. The third kappa shape index (κ3) is 3.44. The third-order valence-electron chi connectivity index (χ3n) is 6.40. The van der Waals surface area contributed by atoms with Crippen LogP contribution in [0.4, 0.5) is 0 Å². The van der Waals surface area contributed by atoms with E-state index in [1.165, 1.54) is 6.42 Å². The van der Waals surface area contributed by atoms with E-state index >= 15 is 0 Å². The molecule has 2 aliphatic rings. The van der Waals surface area contributed by atoms with Crippen molar-refractivity contribution in [1.29, 1.82) is 0 Å². The number of nitrogens with zero attached hydrogens (tertiary/aromatic N) is 1. The fourth-order valence-electron chi connectivity index (χ4n) is 4.64. The van der Waals surface area contributed by atoms with Crippen LogP contribution in [0.5, 0.6) is 11.5 Å². The molecule has 0 radical (unpaired) electrons. The molecule has 0 amide bonds. The van der Waals surface area contributed by atoms with Crippen molar-refractivity contribution in [2.45, 2.75) is 39.0 Å². The van der Waals surface area contributed by atoms with E-state index < -0.39 is 0 Å². The van der Waals surface area contributed by atoms with E-state index in [9.17, 15) is 9.59 Å². The summed E-state index contributed by atoms with van der Waals surface area (Å²) in [5.41, 5.74) is 3.19. The van der Waals surface area contributed by atoms with Crippen molar-refractivity contribution in [1.82, 2.24) is 4.57 Å². The van der Waals surface area contributed by atoms with Gasteiger partial charge in [-0.15, -0.1) is 0 Å². The van der Waals surface area contributed by atoms with Crippen LogP contribution in [0.3, 0.4) is 0 Å². The number of benzene rings is 2. The number of esters is 1. The molecule has 0 spiro atoms. The summed E-state index contributed by atoms with van der Waals surface area (Å²) in [5, 5.41) is 1.06. The minimum absolute atomic E-state index is 0.0363. The lowest BCUT2D eigenvalue weighted by molar-refractivity contribution is -0.140. The normalized spacial score (nSPS) is 17.7. The molecule has 2 heterocycles. The van der Waals surface area contributed by atoms with Gasteiger partial charge < -0.3 is 14.0 Å². The Labute approximate surface area is 181 Å². The van der Waals surface area contributed by atoms with Crippen LogP contribution < -0.4 is 9.47 Å². The van der Waals surface area contributed by atoms with Crippen molar-refractivity contribution >= 4 is 28.7 Å². The summed E-state index contributed by atoms with van der Waals surface area (Å²) in [6.45, 7) is 1.83. The van der Waals surface area contributed by atoms with Crippen LogP contribution in [-0.2, 0) is 11.8 Å². The number of fused-ring (bicyclic) bond motifs is 2. The average Bonchev–Trinajstić information content (AvgIpc) is 3.28. The van der Waals surface area contributed by atoms with Crippen LogP contribution >= 0.6 is 0 Å². The maximum atomic E-state index is 13.0. The van der Waals surface area contributed by atoms with E-state index in [1.54, 1.807) is 18.2 Å². The molecular formula is C26H25NO4. The zero-order valence-corrected chi connectivity index (χ0v) is 17.8. The lowest BCUT2D eigenvalue weighted by atomic mass is 9.89. The van der Waals surface area contributed by atoms with Gasteiger partial charge in [-0.3, -0.25) is 9.59 Å². The molecule has 158 valence electrons. The number of ether oxygens (including phenoxy) is 2. The van der Waals surface area contributed by atoms with Crippen molar-refractivity contribution in [2.75, 3.05) is 0 Å². The molecule has 0 saturated heterocycles. The van der Waals surface area contributed by atoms with E-state index in [0.29, 0.717) is 22.6 Å². The van der Waals surface area contributed by atoms with Crippen LogP contribution in [-0.4, -0.2) is 16.3 Å². The second-order valence-electron chi connectivity index (χ2n) is 8.47.